The maximum Gasteiger partial charge on any atom is 0.415 e. The molecule has 1 heterocycles. The number of benzene rings is 1. The predicted octanol–water partition coefficient (Wildman–Crippen LogP) is 3.20. The second-order valence-corrected chi connectivity index (χ2v) is 6.10. The quantitative estimate of drug-likeness (QED) is 0.909. The number of carbonyl (C=O) groups is 1. The van der Waals surface area contributed by atoms with Crippen molar-refractivity contribution < 1.29 is 14.6 Å². The summed E-state index contributed by atoms with van der Waals surface area (Å²) in [7, 11) is 0. The summed E-state index contributed by atoms with van der Waals surface area (Å²) in [5.74, 6) is 0.793. The number of ether oxygens (including phenoxy) is 1. The number of hydrogen-bond donors (Lipinski definition) is 1. The van der Waals surface area contributed by atoms with E-state index in [4.69, 9.17) is 4.74 Å². The van der Waals surface area contributed by atoms with Crippen molar-refractivity contribution in [3.05, 3.63) is 30.3 Å². The molecular formula is C17H23NO3. The first kappa shape index (κ1) is 14.4. The van der Waals surface area contributed by atoms with Gasteiger partial charge in [-0.1, -0.05) is 31.0 Å². The Morgan fingerprint density at radius 2 is 1.86 bits per heavy atom. The second-order valence-electron chi connectivity index (χ2n) is 6.10. The van der Waals surface area contributed by atoms with Gasteiger partial charge in [0.25, 0.3) is 0 Å². The molecule has 3 unspecified atom stereocenters. The molecule has 1 aliphatic heterocycles. The fourth-order valence-corrected chi connectivity index (χ4v) is 3.70. The molecule has 1 aliphatic carbocycles. The molecule has 1 aromatic rings. The smallest absolute Gasteiger partial charge is 0.410 e. The van der Waals surface area contributed by atoms with Crippen LogP contribution in [0.5, 0.6) is 5.75 Å². The Bertz CT molecular complexity index is 476. The SMILES string of the molecule is O=C(Oc1ccccc1)N1CCCC1C1CCCCC1O. The van der Waals surface area contributed by atoms with Gasteiger partial charge in [0.2, 0.25) is 0 Å². The van der Waals surface area contributed by atoms with Gasteiger partial charge in [-0.25, -0.2) is 4.79 Å². The van der Waals surface area contributed by atoms with E-state index in [-0.39, 0.29) is 24.2 Å². The molecule has 0 bridgehead atoms. The van der Waals surface area contributed by atoms with Crippen molar-refractivity contribution in [2.24, 2.45) is 5.92 Å². The van der Waals surface area contributed by atoms with Crippen LogP contribution in [0.25, 0.3) is 0 Å². The number of hydrogen-bond acceptors (Lipinski definition) is 3. The molecule has 0 radical (unpaired) electrons. The van der Waals surface area contributed by atoms with Gasteiger partial charge in [-0.2, -0.15) is 0 Å². The number of para-hydroxylation sites is 1. The molecule has 3 atom stereocenters. The zero-order chi connectivity index (χ0) is 14.7. The van der Waals surface area contributed by atoms with Gasteiger partial charge in [0.05, 0.1) is 6.10 Å². The molecule has 1 saturated carbocycles. The zero-order valence-corrected chi connectivity index (χ0v) is 12.3. The first-order valence-corrected chi connectivity index (χ1v) is 7.97. The largest absolute Gasteiger partial charge is 0.415 e. The average Bonchev–Trinajstić information content (AvgIpc) is 2.98. The van der Waals surface area contributed by atoms with E-state index in [9.17, 15) is 9.90 Å². The third-order valence-corrected chi connectivity index (χ3v) is 4.76. The van der Waals surface area contributed by atoms with E-state index in [0.717, 1.165) is 45.1 Å². The molecule has 4 heteroatoms. The number of aliphatic hydroxyl groups is 1. The van der Waals surface area contributed by atoms with Gasteiger partial charge in [0.15, 0.2) is 0 Å². The van der Waals surface area contributed by atoms with Crippen LogP contribution in [0, 0.1) is 5.92 Å². The molecule has 2 fully saturated rings. The molecule has 1 aromatic carbocycles. The monoisotopic (exact) mass is 289 g/mol. The summed E-state index contributed by atoms with van der Waals surface area (Å²) >= 11 is 0. The molecule has 4 nitrogen and oxygen atoms in total. The molecule has 114 valence electrons. The lowest BCUT2D eigenvalue weighted by Gasteiger charge is -2.36. The van der Waals surface area contributed by atoms with Crippen LogP contribution in [0.4, 0.5) is 4.79 Å². The molecule has 3 rings (SSSR count). The minimum Gasteiger partial charge on any atom is -0.410 e. The zero-order valence-electron chi connectivity index (χ0n) is 12.3. The van der Waals surface area contributed by atoms with Gasteiger partial charge in [0, 0.05) is 18.5 Å². The fourth-order valence-electron chi connectivity index (χ4n) is 3.70. The van der Waals surface area contributed by atoms with Crippen LogP contribution in [0.2, 0.25) is 0 Å². The second kappa shape index (κ2) is 6.48. The Morgan fingerprint density at radius 1 is 1.10 bits per heavy atom. The lowest BCUT2D eigenvalue weighted by Crippen LogP contribution is -2.46. The minimum atomic E-state index is -0.276. The maximum atomic E-state index is 12.4. The van der Waals surface area contributed by atoms with E-state index in [1.165, 1.54) is 0 Å². The number of amides is 1. The molecule has 2 aliphatic rings. The van der Waals surface area contributed by atoms with Crippen molar-refractivity contribution in [2.45, 2.75) is 50.7 Å². The molecule has 0 spiro atoms. The van der Waals surface area contributed by atoms with Gasteiger partial charge >= 0.3 is 6.09 Å². The summed E-state index contributed by atoms with van der Waals surface area (Å²) in [5, 5.41) is 10.2. The van der Waals surface area contributed by atoms with Crippen molar-refractivity contribution in [3.8, 4) is 5.75 Å². The fraction of sp³-hybridized carbons (Fsp3) is 0.588. The van der Waals surface area contributed by atoms with Gasteiger partial charge in [0.1, 0.15) is 5.75 Å². The predicted molar refractivity (Wildman–Crippen MR) is 80.2 cm³/mol. The third-order valence-electron chi connectivity index (χ3n) is 4.76. The number of aliphatic hydroxyl groups excluding tert-OH is 1. The van der Waals surface area contributed by atoms with E-state index in [2.05, 4.69) is 0 Å². The van der Waals surface area contributed by atoms with E-state index >= 15 is 0 Å². The van der Waals surface area contributed by atoms with E-state index < -0.39 is 0 Å². The van der Waals surface area contributed by atoms with Crippen LogP contribution in [-0.2, 0) is 0 Å². The highest BCUT2D eigenvalue weighted by Gasteiger charge is 2.39. The molecule has 0 aromatic heterocycles. The first-order chi connectivity index (χ1) is 10.3. The van der Waals surface area contributed by atoms with Gasteiger partial charge in [-0.05, 0) is 37.8 Å². The highest BCUT2D eigenvalue weighted by molar-refractivity contribution is 5.71. The molecule has 1 N–H and O–H groups in total. The summed E-state index contributed by atoms with van der Waals surface area (Å²) < 4.78 is 5.46. The Hall–Kier alpha value is -1.55. The van der Waals surface area contributed by atoms with E-state index in [0.29, 0.717) is 5.75 Å². The molecule has 1 saturated heterocycles. The van der Waals surface area contributed by atoms with Crippen molar-refractivity contribution in [1.82, 2.24) is 4.90 Å². The highest BCUT2D eigenvalue weighted by Crippen LogP contribution is 2.35. The summed E-state index contributed by atoms with van der Waals surface area (Å²) in [4.78, 5) is 14.2. The van der Waals surface area contributed by atoms with Crippen LogP contribution in [0.3, 0.4) is 0 Å². The Labute approximate surface area is 125 Å². The van der Waals surface area contributed by atoms with Crippen LogP contribution >= 0.6 is 0 Å². The molecular weight excluding hydrogens is 266 g/mol. The molecule has 1 amide bonds. The number of likely N-dealkylation sites (tertiary alicyclic amines) is 1. The van der Waals surface area contributed by atoms with Crippen molar-refractivity contribution >= 4 is 6.09 Å². The summed E-state index contributed by atoms with van der Waals surface area (Å²) in [6.07, 6.45) is 5.56. The van der Waals surface area contributed by atoms with Crippen LogP contribution < -0.4 is 4.74 Å². The topological polar surface area (TPSA) is 49.8 Å². The lowest BCUT2D eigenvalue weighted by atomic mass is 9.80. The van der Waals surface area contributed by atoms with Crippen molar-refractivity contribution in [3.63, 3.8) is 0 Å². The normalized spacial score (nSPS) is 29.4. The van der Waals surface area contributed by atoms with Gasteiger partial charge in [-0.3, -0.25) is 0 Å². The third kappa shape index (κ3) is 3.21. The van der Waals surface area contributed by atoms with Gasteiger partial charge < -0.3 is 14.7 Å². The lowest BCUT2D eigenvalue weighted by molar-refractivity contribution is 0.0256. The summed E-state index contributed by atoms with van der Waals surface area (Å²) in [6.45, 7) is 0.736. The standard InChI is InChI=1S/C17H23NO3/c19-16-11-5-4-9-14(16)15-10-6-12-18(15)17(20)21-13-7-2-1-3-8-13/h1-3,7-8,14-16,19H,4-6,9-12H2. The van der Waals surface area contributed by atoms with Crippen LogP contribution in [0.15, 0.2) is 30.3 Å². The number of carbonyl (C=O) groups excluding carboxylic acids is 1. The Balaban J connectivity index is 1.67. The summed E-state index contributed by atoms with van der Waals surface area (Å²) in [6, 6.07) is 9.33. The van der Waals surface area contributed by atoms with Crippen molar-refractivity contribution in [2.75, 3.05) is 6.54 Å². The van der Waals surface area contributed by atoms with Crippen LogP contribution in [-0.4, -0.2) is 34.8 Å². The van der Waals surface area contributed by atoms with E-state index in [1.807, 2.05) is 23.1 Å². The Kier molecular flexibility index (Phi) is 4.44. The van der Waals surface area contributed by atoms with Gasteiger partial charge in [-0.15, -0.1) is 0 Å². The average molecular weight is 289 g/mol. The van der Waals surface area contributed by atoms with Crippen LogP contribution in [0.1, 0.15) is 38.5 Å². The number of nitrogens with zero attached hydrogens (tertiary/aromatic N) is 1. The Morgan fingerprint density at radius 3 is 2.62 bits per heavy atom. The number of rotatable bonds is 2. The first-order valence-electron chi connectivity index (χ1n) is 7.97. The molecule has 21 heavy (non-hydrogen) atoms. The summed E-state index contributed by atoms with van der Waals surface area (Å²) in [5.41, 5.74) is 0. The van der Waals surface area contributed by atoms with Crippen molar-refractivity contribution in [1.29, 1.82) is 0 Å². The minimum absolute atomic E-state index is 0.136. The maximum absolute atomic E-state index is 12.4. The van der Waals surface area contributed by atoms with E-state index in [1.54, 1.807) is 12.1 Å². The highest BCUT2D eigenvalue weighted by atomic mass is 16.6.